The Balaban J connectivity index is 2.16. The molecule has 0 atom stereocenters. The summed E-state index contributed by atoms with van der Waals surface area (Å²) in [5.74, 6) is -0.943. The highest BCUT2D eigenvalue weighted by atomic mass is 19.4. The molecule has 0 heterocycles. The molecule has 0 amide bonds. The lowest BCUT2D eigenvalue weighted by atomic mass is 10.2. The van der Waals surface area contributed by atoms with Gasteiger partial charge in [0.05, 0.1) is 5.56 Å². The summed E-state index contributed by atoms with van der Waals surface area (Å²) >= 11 is 0. The zero-order chi connectivity index (χ0) is 15.5. The second-order valence-corrected chi connectivity index (χ2v) is 4.42. The van der Waals surface area contributed by atoms with E-state index in [1.165, 1.54) is 0 Å². The molecular formula is C15H13F4NO. The summed E-state index contributed by atoms with van der Waals surface area (Å²) in [6.45, 7) is 0.676. The molecule has 2 rings (SSSR count). The quantitative estimate of drug-likeness (QED) is 0.847. The minimum atomic E-state index is -4.58. The average Bonchev–Trinajstić information content (AvgIpc) is 2.42. The Hall–Kier alpha value is -2.08. The average molecular weight is 299 g/mol. The first kappa shape index (κ1) is 15.3. The van der Waals surface area contributed by atoms with E-state index < -0.39 is 17.6 Å². The van der Waals surface area contributed by atoms with Gasteiger partial charge in [-0.2, -0.15) is 13.2 Å². The fourth-order valence-corrected chi connectivity index (χ4v) is 1.77. The lowest BCUT2D eigenvalue weighted by molar-refractivity contribution is -0.137. The maximum atomic E-state index is 13.6. The molecule has 0 bridgehead atoms. The molecule has 21 heavy (non-hydrogen) atoms. The number of ether oxygens (including phenoxy) is 1. The van der Waals surface area contributed by atoms with Crippen molar-refractivity contribution in [3.63, 3.8) is 0 Å². The van der Waals surface area contributed by atoms with Gasteiger partial charge in [-0.15, -0.1) is 0 Å². The van der Waals surface area contributed by atoms with Gasteiger partial charge in [-0.25, -0.2) is 4.39 Å². The first-order chi connectivity index (χ1) is 9.90. The molecule has 0 saturated heterocycles. The first-order valence-corrected chi connectivity index (χ1v) is 6.18. The second-order valence-electron chi connectivity index (χ2n) is 4.42. The van der Waals surface area contributed by atoms with Crippen LogP contribution in [0, 0.1) is 5.82 Å². The highest BCUT2D eigenvalue weighted by molar-refractivity contribution is 5.36. The van der Waals surface area contributed by atoms with Gasteiger partial charge in [0.2, 0.25) is 0 Å². The van der Waals surface area contributed by atoms with E-state index in [4.69, 9.17) is 4.74 Å². The minimum absolute atomic E-state index is 0.246. The lowest BCUT2D eigenvalue weighted by Crippen LogP contribution is -2.05. The molecule has 0 unspecified atom stereocenters. The SMILES string of the molecule is CNCc1ccc(Oc2ccc(C(F)(F)F)cc2F)cc1. The number of hydrogen-bond donors (Lipinski definition) is 1. The molecule has 2 aromatic rings. The molecule has 0 aliphatic heterocycles. The van der Waals surface area contributed by atoms with Crippen molar-refractivity contribution in [3.8, 4) is 11.5 Å². The van der Waals surface area contributed by atoms with Gasteiger partial charge in [0.25, 0.3) is 0 Å². The molecule has 0 aromatic heterocycles. The Labute approximate surface area is 119 Å². The van der Waals surface area contributed by atoms with Crippen molar-refractivity contribution >= 4 is 0 Å². The Bertz CT molecular complexity index is 608. The Morgan fingerprint density at radius 3 is 2.24 bits per heavy atom. The van der Waals surface area contributed by atoms with E-state index in [0.29, 0.717) is 18.4 Å². The Kier molecular flexibility index (Phi) is 4.47. The van der Waals surface area contributed by atoms with Crippen molar-refractivity contribution in [2.75, 3.05) is 7.05 Å². The number of alkyl halides is 3. The van der Waals surface area contributed by atoms with E-state index in [2.05, 4.69) is 5.32 Å². The van der Waals surface area contributed by atoms with Crippen LogP contribution in [0.3, 0.4) is 0 Å². The van der Waals surface area contributed by atoms with Gasteiger partial charge in [-0.1, -0.05) is 12.1 Å². The Morgan fingerprint density at radius 2 is 1.71 bits per heavy atom. The van der Waals surface area contributed by atoms with Gasteiger partial charge >= 0.3 is 6.18 Å². The van der Waals surface area contributed by atoms with E-state index in [-0.39, 0.29) is 5.75 Å². The molecule has 0 aliphatic carbocycles. The van der Waals surface area contributed by atoms with E-state index in [9.17, 15) is 17.6 Å². The molecule has 1 N–H and O–H groups in total. The van der Waals surface area contributed by atoms with Crippen LogP contribution >= 0.6 is 0 Å². The zero-order valence-electron chi connectivity index (χ0n) is 11.2. The van der Waals surface area contributed by atoms with Gasteiger partial charge in [-0.05, 0) is 42.9 Å². The molecule has 2 aromatic carbocycles. The van der Waals surface area contributed by atoms with Gasteiger partial charge < -0.3 is 10.1 Å². The van der Waals surface area contributed by atoms with Crippen LogP contribution in [0.1, 0.15) is 11.1 Å². The summed E-state index contributed by atoms with van der Waals surface area (Å²) in [4.78, 5) is 0. The van der Waals surface area contributed by atoms with E-state index in [0.717, 1.165) is 17.7 Å². The van der Waals surface area contributed by atoms with E-state index in [1.54, 1.807) is 24.3 Å². The normalized spacial score (nSPS) is 11.5. The van der Waals surface area contributed by atoms with Gasteiger partial charge in [0, 0.05) is 6.54 Å². The summed E-state index contributed by atoms with van der Waals surface area (Å²) in [6.07, 6.45) is -4.58. The predicted octanol–water partition coefficient (Wildman–Crippen LogP) is 4.36. The van der Waals surface area contributed by atoms with Crippen molar-refractivity contribution in [3.05, 3.63) is 59.4 Å². The standard InChI is InChI=1S/C15H13F4NO/c1-20-9-10-2-5-12(6-3-10)21-14-7-4-11(8-13(14)16)15(17,18)19/h2-8,20H,9H2,1H3. The summed E-state index contributed by atoms with van der Waals surface area (Å²) in [5, 5.41) is 2.98. The van der Waals surface area contributed by atoms with E-state index >= 15 is 0 Å². The summed E-state index contributed by atoms with van der Waals surface area (Å²) < 4.78 is 56.2. The van der Waals surface area contributed by atoms with Crippen molar-refractivity contribution in [1.82, 2.24) is 5.32 Å². The minimum Gasteiger partial charge on any atom is -0.454 e. The predicted molar refractivity (Wildman–Crippen MR) is 70.7 cm³/mol. The van der Waals surface area contributed by atoms with Crippen LogP contribution in [-0.4, -0.2) is 7.05 Å². The highest BCUT2D eigenvalue weighted by Gasteiger charge is 2.31. The molecule has 0 radical (unpaired) electrons. The largest absolute Gasteiger partial charge is 0.454 e. The zero-order valence-corrected chi connectivity index (χ0v) is 11.2. The lowest BCUT2D eigenvalue weighted by Gasteiger charge is -2.10. The van der Waals surface area contributed by atoms with Gasteiger partial charge in [0.1, 0.15) is 5.75 Å². The smallest absolute Gasteiger partial charge is 0.416 e. The topological polar surface area (TPSA) is 21.3 Å². The van der Waals surface area contributed by atoms with Crippen LogP contribution in [0.25, 0.3) is 0 Å². The van der Waals surface area contributed by atoms with Gasteiger partial charge in [-0.3, -0.25) is 0 Å². The number of nitrogens with one attached hydrogen (secondary N) is 1. The van der Waals surface area contributed by atoms with E-state index in [1.807, 2.05) is 7.05 Å². The number of rotatable bonds is 4. The Morgan fingerprint density at radius 1 is 1.05 bits per heavy atom. The maximum absolute atomic E-state index is 13.6. The number of hydrogen-bond acceptors (Lipinski definition) is 2. The third-order valence-corrected chi connectivity index (χ3v) is 2.79. The van der Waals surface area contributed by atoms with Crippen LogP contribution in [0.5, 0.6) is 11.5 Å². The molecule has 0 aliphatic rings. The molecule has 6 heteroatoms. The second kappa shape index (κ2) is 6.13. The molecule has 112 valence electrons. The monoisotopic (exact) mass is 299 g/mol. The highest BCUT2D eigenvalue weighted by Crippen LogP contribution is 2.33. The fourth-order valence-electron chi connectivity index (χ4n) is 1.77. The van der Waals surface area contributed by atoms with Crippen LogP contribution in [-0.2, 0) is 12.7 Å². The molecule has 0 fully saturated rings. The molecule has 0 saturated carbocycles. The maximum Gasteiger partial charge on any atom is 0.416 e. The third kappa shape index (κ3) is 3.95. The summed E-state index contributed by atoms with van der Waals surface area (Å²) in [7, 11) is 1.81. The fraction of sp³-hybridized carbons (Fsp3) is 0.200. The van der Waals surface area contributed by atoms with Crippen molar-refractivity contribution in [2.24, 2.45) is 0 Å². The van der Waals surface area contributed by atoms with Gasteiger partial charge in [0.15, 0.2) is 11.6 Å². The molecular weight excluding hydrogens is 286 g/mol. The summed E-state index contributed by atoms with van der Waals surface area (Å²) in [5.41, 5.74) is -0.0329. The first-order valence-electron chi connectivity index (χ1n) is 6.18. The third-order valence-electron chi connectivity index (χ3n) is 2.79. The van der Waals surface area contributed by atoms with Crippen molar-refractivity contribution in [1.29, 1.82) is 0 Å². The molecule has 2 nitrogen and oxygen atoms in total. The molecule has 0 spiro atoms. The van der Waals surface area contributed by atoms with Crippen molar-refractivity contribution in [2.45, 2.75) is 12.7 Å². The van der Waals surface area contributed by atoms with Crippen LogP contribution in [0.15, 0.2) is 42.5 Å². The number of benzene rings is 2. The number of halogens is 4. The van der Waals surface area contributed by atoms with Crippen molar-refractivity contribution < 1.29 is 22.3 Å². The van der Waals surface area contributed by atoms with Crippen LogP contribution < -0.4 is 10.1 Å². The summed E-state index contributed by atoms with van der Waals surface area (Å²) in [6, 6.07) is 9.01. The van der Waals surface area contributed by atoms with Crippen LogP contribution in [0.2, 0.25) is 0 Å². The van der Waals surface area contributed by atoms with Crippen LogP contribution in [0.4, 0.5) is 17.6 Å².